The molecule has 0 bridgehead atoms. The molecule has 1 amide bonds. The number of carbonyl (C=O) groups excluding carboxylic acids is 2. The molecule has 0 radical (unpaired) electrons. The standard InChI is InChI=1S/C26H28N4O5/c1-28-7-9-29(10-8-28)11-12-30-16-17(20-14-18(33-2)3-5-22(20)30)13-24-25(31)21-15-19(34-26(27)32)4-6-23(21)35-24/h3-6,13-16H,7-12H2,1-2H3,(H2,27,32)/b24-13-. The Morgan fingerprint density at radius 1 is 1.09 bits per heavy atom. The second-order valence-electron chi connectivity index (χ2n) is 8.82. The summed E-state index contributed by atoms with van der Waals surface area (Å²) in [6.45, 7) is 6.05. The number of hydrogen-bond donors (Lipinski definition) is 1. The van der Waals surface area contributed by atoms with Gasteiger partial charge in [-0.05, 0) is 49.5 Å². The van der Waals surface area contributed by atoms with Crippen molar-refractivity contribution in [1.29, 1.82) is 0 Å². The van der Waals surface area contributed by atoms with Crippen molar-refractivity contribution < 1.29 is 23.8 Å². The lowest BCUT2D eigenvalue weighted by atomic mass is 10.1. The first-order valence-corrected chi connectivity index (χ1v) is 11.5. The highest BCUT2D eigenvalue weighted by Gasteiger charge is 2.28. The van der Waals surface area contributed by atoms with Crippen molar-refractivity contribution in [1.82, 2.24) is 14.4 Å². The van der Waals surface area contributed by atoms with Crippen LogP contribution in [0.5, 0.6) is 17.2 Å². The molecule has 0 atom stereocenters. The molecule has 0 aliphatic carbocycles. The van der Waals surface area contributed by atoms with E-state index in [1.54, 1.807) is 19.3 Å². The van der Waals surface area contributed by atoms with Crippen LogP contribution >= 0.6 is 0 Å². The van der Waals surface area contributed by atoms with E-state index in [0.29, 0.717) is 11.3 Å². The van der Waals surface area contributed by atoms with Crippen molar-refractivity contribution in [2.24, 2.45) is 5.73 Å². The lowest BCUT2D eigenvalue weighted by molar-refractivity contribution is 0.101. The first-order chi connectivity index (χ1) is 16.9. The summed E-state index contributed by atoms with van der Waals surface area (Å²) in [5, 5.41) is 0.973. The number of aromatic nitrogens is 1. The maximum Gasteiger partial charge on any atom is 0.409 e. The minimum absolute atomic E-state index is 0.194. The Labute approximate surface area is 203 Å². The van der Waals surface area contributed by atoms with Crippen LogP contribution < -0.4 is 19.9 Å². The number of carbonyl (C=O) groups is 2. The molecule has 2 aromatic carbocycles. The first kappa shape index (κ1) is 22.9. The molecule has 1 fully saturated rings. The molecule has 5 rings (SSSR count). The molecule has 9 nitrogen and oxygen atoms in total. The van der Waals surface area contributed by atoms with E-state index in [0.717, 1.165) is 61.5 Å². The van der Waals surface area contributed by atoms with Crippen LogP contribution in [-0.2, 0) is 6.54 Å². The lowest BCUT2D eigenvalue weighted by Crippen LogP contribution is -2.45. The molecule has 9 heteroatoms. The Morgan fingerprint density at radius 3 is 2.60 bits per heavy atom. The third kappa shape index (κ3) is 4.73. The molecule has 2 aliphatic heterocycles. The number of fused-ring (bicyclic) bond motifs is 2. The summed E-state index contributed by atoms with van der Waals surface area (Å²) in [7, 11) is 3.79. The number of allylic oxidation sites excluding steroid dienone is 1. The van der Waals surface area contributed by atoms with Gasteiger partial charge in [0.25, 0.3) is 0 Å². The SMILES string of the molecule is COc1ccc2c(c1)c(/C=C1\Oc3ccc(OC(N)=O)cc3C1=O)cn2CCN1CCN(C)CC1. The zero-order valence-corrected chi connectivity index (χ0v) is 19.8. The van der Waals surface area contributed by atoms with Gasteiger partial charge in [-0.2, -0.15) is 0 Å². The van der Waals surface area contributed by atoms with E-state index < -0.39 is 6.09 Å². The number of Topliss-reactive ketones (excluding diaryl/α,β-unsaturated/α-hetero) is 1. The van der Waals surface area contributed by atoms with Crippen molar-refractivity contribution in [3.05, 3.63) is 59.5 Å². The Kier molecular flexibility index (Phi) is 6.19. The fourth-order valence-electron chi connectivity index (χ4n) is 4.54. The van der Waals surface area contributed by atoms with Crippen molar-refractivity contribution in [2.45, 2.75) is 6.54 Å². The van der Waals surface area contributed by atoms with E-state index in [4.69, 9.17) is 19.9 Å². The number of benzene rings is 2. The number of likely N-dealkylation sites (N-methyl/N-ethyl adjacent to an activating group) is 1. The van der Waals surface area contributed by atoms with E-state index in [-0.39, 0.29) is 17.3 Å². The zero-order chi connectivity index (χ0) is 24.5. The zero-order valence-electron chi connectivity index (χ0n) is 19.8. The number of nitrogens with zero attached hydrogens (tertiary/aromatic N) is 3. The Balaban J connectivity index is 1.44. The van der Waals surface area contributed by atoms with E-state index in [2.05, 4.69) is 27.6 Å². The van der Waals surface area contributed by atoms with Crippen LogP contribution in [0, 0.1) is 0 Å². The van der Waals surface area contributed by atoms with E-state index in [1.807, 2.05) is 18.2 Å². The fourth-order valence-corrected chi connectivity index (χ4v) is 4.54. The number of ketones is 1. The molecule has 1 aromatic heterocycles. The number of hydrogen-bond acceptors (Lipinski definition) is 7. The number of methoxy groups -OCH3 is 1. The minimum atomic E-state index is -0.939. The largest absolute Gasteiger partial charge is 0.497 e. The van der Waals surface area contributed by atoms with Gasteiger partial charge in [-0.25, -0.2) is 4.79 Å². The molecular weight excluding hydrogens is 448 g/mol. The molecule has 1 saturated heterocycles. The summed E-state index contributed by atoms with van der Waals surface area (Å²) in [6, 6.07) is 10.5. The van der Waals surface area contributed by atoms with Crippen molar-refractivity contribution in [3.8, 4) is 17.2 Å². The van der Waals surface area contributed by atoms with Crippen molar-refractivity contribution in [2.75, 3.05) is 46.9 Å². The summed E-state index contributed by atoms with van der Waals surface area (Å²) in [4.78, 5) is 28.9. The second-order valence-corrected chi connectivity index (χ2v) is 8.82. The molecule has 3 aromatic rings. The number of nitrogens with two attached hydrogens (primary N) is 1. The van der Waals surface area contributed by atoms with Crippen LogP contribution in [0.15, 0.2) is 48.4 Å². The van der Waals surface area contributed by atoms with Gasteiger partial charge in [-0.3, -0.25) is 9.69 Å². The molecule has 0 spiro atoms. The third-order valence-corrected chi connectivity index (χ3v) is 6.52. The molecular formula is C26H28N4O5. The van der Waals surface area contributed by atoms with Gasteiger partial charge in [0.2, 0.25) is 5.78 Å². The summed E-state index contributed by atoms with van der Waals surface area (Å²) in [5.41, 5.74) is 7.33. The molecule has 3 heterocycles. The van der Waals surface area contributed by atoms with E-state index in [1.165, 1.54) is 12.1 Å². The van der Waals surface area contributed by atoms with Gasteiger partial charge >= 0.3 is 6.09 Å². The predicted octanol–water partition coefficient (Wildman–Crippen LogP) is 2.97. The predicted molar refractivity (Wildman–Crippen MR) is 132 cm³/mol. The van der Waals surface area contributed by atoms with Crippen LogP contribution in [0.1, 0.15) is 15.9 Å². The van der Waals surface area contributed by atoms with Gasteiger partial charge in [-0.15, -0.1) is 0 Å². The average molecular weight is 477 g/mol. The fraction of sp³-hybridized carbons (Fsp3) is 0.308. The summed E-state index contributed by atoms with van der Waals surface area (Å²) in [6.07, 6.45) is 2.87. The smallest absolute Gasteiger partial charge is 0.409 e. The Morgan fingerprint density at radius 2 is 1.86 bits per heavy atom. The normalized spacial score (nSPS) is 17.5. The first-order valence-electron chi connectivity index (χ1n) is 11.5. The van der Waals surface area contributed by atoms with E-state index in [9.17, 15) is 9.59 Å². The quantitative estimate of drug-likeness (QED) is 0.546. The van der Waals surface area contributed by atoms with Crippen LogP contribution in [0.4, 0.5) is 4.79 Å². The lowest BCUT2D eigenvalue weighted by Gasteiger charge is -2.32. The average Bonchev–Trinajstić information content (AvgIpc) is 3.35. The number of ether oxygens (including phenoxy) is 3. The van der Waals surface area contributed by atoms with Gasteiger partial charge in [0.05, 0.1) is 12.7 Å². The maximum absolute atomic E-state index is 13.1. The Bertz CT molecular complexity index is 1320. The van der Waals surface area contributed by atoms with Gasteiger partial charge in [0.1, 0.15) is 17.2 Å². The number of piperazine rings is 1. The number of primary amides is 1. The molecule has 182 valence electrons. The Hall–Kier alpha value is -3.82. The summed E-state index contributed by atoms with van der Waals surface area (Å²) in [5.74, 6) is 1.27. The highest BCUT2D eigenvalue weighted by atomic mass is 16.5. The van der Waals surface area contributed by atoms with Crippen LogP contribution in [0.3, 0.4) is 0 Å². The van der Waals surface area contributed by atoms with Crippen molar-refractivity contribution >= 4 is 28.9 Å². The van der Waals surface area contributed by atoms with Crippen molar-refractivity contribution in [3.63, 3.8) is 0 Å². The highest BCUT2D eigenvalue weighted by molar-refractivity contribution is 6.15. The van der Waals surface area contributed by atoms with Gasteiger partial charge in [0, 0.05) is 61.9 Å². The molecule has 0 saturated carbocycles. The molecule has 2 aliphatic rings. The van der Waals surface area contributed by atoms with Crippen LogP contribution in [-0.4, -0.2) is 73.1 Å². The summed E-state index contributed by atoms with van der Waals surface area (Å²) >= 11 is 0. The van der Waals surface area contributed by atoms with Gasteiger partial charge in [-0.1, -0.05) is 0 Å². The summed E-state index contributed by atoms with van der Waals surface area (Å²) < 4.78 is 18.4. The van der Waals surface area contributed by atoms with E-state index >= 15 is 0 Å². The molecule has 0 unspecified atom stereocenters. The third-order valence-electron chi connectivity index (χ3n) is 6.52. The van der Waals surface area contributed by atoms with Crippen LogP contribution in [0.25, 0.3) is 17.0 Å². The number of amides is 1. The molecule has 2 N–H and O–H groups in total. The second kappa shape index (κ2) is 9.44. The van der Waals surface area contributed by atoms with Gasteiger partial charge < -0.3 is 29.4 Å². The van der Waals surface area contributed by atoms with Gasteiger partial charge in [0.15, 0.2) is 5.76 Å². The number of rotatable bonds is 6. The molecule has 35 heavy (non-hydrogen) atoms. The topological polar surface area (TPSA) is 99.3 Å². The monoisotopic (exact) mass is 476 g/mol. The van der Waals surface area contributed by atoms with Crippen LogP contribution in [0.2, 0.25) is 0 Å². The maximum atomic E-state index is 13.1. The minimum Gasteiger partial charge on any atom is -0.497 e. The highest BCUT2D eigenvalue weighted by Crippen LogP contribution is 2.36.